The van der Waals surface area contributed by atoms with Crippen LogP contribution < -0.4 is 5.32 Å². The molecule has 1 aliphatic rings. The number of carbonyl (C=O) groups excluding carboxylic acids is 1. The zero-order valence-corrected chi connectivity index (χ0v) is 10.7. The van der Waals surface area contributed by atoms with E-state index in [0.29, 0.717) is 5.69 Å². The molecule has 94 valence electrons. The Hall–Kier alpha value is -1.67. The first kappa shape index (κ1) is 11.4. The van der Waals surface area contributed by atoms with Crippen LogP contribution in [0.5, 0.6) is 0 Å². The summed E-state index contributed by atoms with van der Waals surface area (Å²) in [6, 6.07) is -0.470. The van der Waals surface area contributed by atoms with E-state index in [1.165, 1.54) is 17.4 Å². The highest BCUT2D eigenvalue weighted by atomic mass is 32.2. The van der Waals surface area contributed by atoms with Crippen molar-refractivity contribution in [3.63, 3.8) is 0 Å². The highest BCUT2D eigenvalue weighted by molar-refractivity contribution is 7.94. The zero-order chi connectivity index (χ0) is 12.8. The largest absolute Gasteiger partial charge is 0.343 e. The summed E-state index contributed by atoms with van der Waals surface area (Å²) in [6.07, 6.45) is 4.91. The van der Waals surface area contributed by atoms with Crippen LogP contribution in [-0.2, 0) is 9.84 Å². The van der Waals surface area contributed by atoms with E-state index in [0.717, 1.165) is 10.4 Å². The van der Waals surface area contributed by atoms with Crippen molar-refractivity contribution in [2.24, 2.45) is 0 Å². The third-order valence-electron chi connectivity index (χ3n) is 2.57. The van der Waals surface area contributed by atoms with E-state index < -0.39 is 15.9 Å². The normalized spacial score (nSPS) is 21.4. The van der Waals surface area contributed by atoms with Gasteiger partial charge in [-0.05, 0) is 6.08 Å². The number of hydrogen-bond donors (Lipinski definition) is 1. The van der Waals surface area contributed by atoms with Gasteiger partial charge < -0.3 is 5.32 Å². The van der Waals surface area contributed by atoms with Gasteiger partial charge in [0.25, 0.3) is 5.91 Å². The molecule has 18 heavy (non-hydrogen) atoms. The highest BCUT2D eigenvalue weighted by Crippen LogP contribution is 2.12. The fourth-order valence-corrected chi connectivity index (χ4v) is 3.68. The van der Waals surface area contributed by atoms with Crippen molar-refractivity contribution in [1.29, 1.82) is 0 Å². The molecule has 1 amide bonds. The van der Waals surface area contributed by atoms with E-state index >= 15 is 0 Å². The monoisotopic (exact) mass is 283 g/mol. The van der Waals surface area contributed by atoms with E-state index in [1.807, 2.05) is 11.6 Å². The number of aromatic nitrogens is 2. The van der Waals surface area contributed by atoms with Gasteiger partial charge in [-0.3, -0.25) is 9.20 Å². The van der Waals surface area contributed by atoms with Gasteiger partial charge >= 0.3 is 0 Å². The number of carbonyl (C=O) groups is 1. The molecule has 2 aromatic rings. The molecular formula is C10H9N3O3S2. The fourth-order valence-electron chi connectivity index (χ4n) is 1.74. The summed E-state index contributed by atoms with van der Waals surface area (Å²) in [5, 5.41) is 5.63. The summed E-state index contributed by atoms with van der Waals surface area (Å²) in [5.41, 5.74) is 0.291. The molecule has 0 bridgehead atoms. The number of fused-ring (bicyclic) bond motifs is 1. The molecule has 2 aromatic heterocycles. The molecule has 0 aromatic carbocycles. The van der Waals surface area contributed by atoms with Crippen LogP contribution >= 0.6 is 11.3 Å². The molecule has 3 heterocycles. The smallest absolute Gasteiger partial charge is 0.272 e. The molecule has 6 nitrogen and oxygen atoms in total. The van der Waals surface area contributed by atoms with Crippen molar-refractivity contribution >= 4 is 32.0 Å². The van der Waals surface area contributed by atoms with Crippen LogP contribution in [0, 0.1) is 0 Å². The van der Waals surface area contributed by atoms with Gasteiger partial charge in [-0.15, -0.1) is 11.3 Å². The minimum absolute atomic E-state index is 0.0824. The quantitative estimate of drug-likeness (QED) is 0.867. The van der Waals surface area contributed by atoms with Gasteiger partial charge in [-0.25, -0.2) is 13.4 Å². The summed E-state index contributed by atoms with van der Waals surface area (Å²) in [6.45, 7) is 0. The average Bonchev–Trinajstić information content (AvgIpc) is 2.91. The maximum Gasteiger partial charge on any atom is 0.272 e. The molecule has 0 saturated carbocycles. The lowest BCUT2D eigenvalue weighted by molar-refractivity contribution is 0.0943. The minimum atomic E-state index is -3.16. The number of nitrogens with zero attached hydrogens (tertiary/aromatic N) is 2. The second kappa shape index (κ2) is 3.92. The van der Waals surface area contributed by atoms with Crippen LogP contribution in [0.2, 0.25) is 0 Å². The van der Waals surface area contributed by atoms with E-state index in [-0.39, 0.29) is 11.7 Å². The molecule has 1 atom stereocenters. The van der Waals surface area contributed by atoms with E-state index in [1.54, 1.807) is 10.6 Å². The Balaban J connectivity index is 1.76. The maximum absolute atomic E-state index is 11.9. The summed E-state index contributed by atoms with van der Waals surface area (Å²) in [4.78, 5) is 16.7. The second-order valence-corrected chi connectivity index (χ2v) is 6.76. The van der Waals surface area contributed by atoms with E-state index in [9.17, 15) is 13.2 Å². The number of thiazole rings is 1. The second-order valence-electron chi connectivity index (χ2n) is 3.96. The molecule has 0 spiro atoms. The molecule has 0 fully saturated rings. The van der Waals surface area contributed by atoms with Gasteiger partial charge in [0.1, 0.15) is 5.69 Å². The van der Waals surface area contributed by atoms with Crippen molar-refractivity contribution in [3.8, 4) is 0 Å². The van der Waals surface area contributed by atoms with Crippen LogP contribution in [0.1, 0.15) is 10.5 Å². The molecule has 1 N–H and O–H groups in total. The Labute approximate surface area is 107 Å². The fraction of sp³-hybridized carbons (Fsp3) is 0.200. The first-order valence-electron chi connectivity index (χ1n) is 5.17. The zero-order valence-electron chi connectivity index (χ0n) is 9.11. The summed E-state index contributed by atoms with van der Waals surface area (Å²) < 4.78 is 24.2. The van der Waals surface area contributed by atoms with Gasteiger partial charge in [-0.2, -0.15) is 0 Å². The van der Waals surface area contributed by atoms with Gasteiger partial charge in [0.05, 0.1) is 11.8 Å². The van der Waals surface area contributed by atoms with Crippen molar-refractivity contribution in [3.05, 3.63) is 35.0 Å². The molecule has 0 radical (unpaired) electrons. The van der Waals surface area contributed by atoms with Crippen molar-refractivity contribution in [2.75, 3.05) is 5.75 Å². The molecule has 1 aliphatic heterocycles. The lowest BCUT2D eigenvalue weighted by atomic mass is 10.3. The van der Waals surface area contributed by atoms with Crippen LogP contribution in [0.15, 0.2) is 29.3 Å². The van der Waals surface area contributed by atoms with Crippen LogP contribution in [0.4, 0.5) is 0 Å². The summed E-state index contributed by atoms with van der Waals surface area (Å²) in [5.74, 6) is -0.446. The predicted octanol–water partition coefficient (Wildman–Crippen LogP) is 0.436. The molecule has 3 rings (SSSR count). The van der Waals surface area contributed by atoms with Gasteiger partial charge in [-0.1, -0.05) is 0 Å². The van der Waals surface area contributed by atoms with Gasteiger partial charge in [0.15, 0.2) is 14.8 Å². The number of rotatable bonds is 2. The van der Waals surface area contributed by atoms with Gasteiger partial charge in [0.2, 0.25) is 0 Å². The Morgan fingerprint density at radius 3 is 3.06 bits per heavy atom. The minimum Gasteiger partial charge on any atom is -0.343 e. The third kappa shape index (κ3) is 2.04. The molecule has 0 aliphatic carbocycles. The Morgan fingerprint density at radius 2 is 2.39 bits per heavy atom. The molecule has 8 heteroatoms. The third-order valence-corrected chi connectivity index (χ3v) is 4.74. The summed E-state index contributed by atoms with van der Waals surface area (Å²) in [7, 11) is -3.16. The van der Waals surface area contributed by atoms with Crippen molar-refractivity contribution in [1.82, 2.24) is 14.7 Å². The topological polar surface area (TPSA) is 80.5 Å². The number of nitrogens with one attached hydrogen (secondary N) is 1. The molecule has 0 saturated heterocycles. The lowest BCUT2D eigenvalue weighted by Crippen LogP contribution is -2.35. The number of imidazole rings is 1. The van der Waals surface area contributed by atoms with Crippen molar-refractivity contribution < 1.29 is 13.2 Å². The number of amides is 1. The van der Waals surface area contributed by atoms with Crippen LogP contribution in [0.3, 0.4) is 0 Å². The highest BCUT2D eigenvalue weighted by Gasteiger charge is 2.24. The van der Waals surface area contributed by atoms with E-state index in [4.69, 9.17) is 0 Å². The SMILES string of the molecule is O=C(NC1C=CS(=O)(=O)C1)c1cn2ccsc2n1. The predicted molar refractivity (Wildman–Crippen MR) is 67.3 cm³/mol. The summed E-state index contributed by atoms with van der Waals surface area (Å²) >= 11 is 1.43. The van der Waals surface area contributed by atoms with Gasteiger partial charge in [0, 0.05) is 23.2 Å². The Kier molecular flexibility index (Phi) is 2.49. The Bertz CT molecular complexity index is 713. The maximum atomic E-state index is 11.9. The molecular weight excluding hydrogens is 274 g/mol. The van der Waals surface area contributed by atoms with Crippen LogP contribution in [0.25, 0.3) is 4.96 Å². The van der Waals surface area contributed by atoms with E-state index in [2.05, 4.69) is 10.3 Å². The lowest BCUT2D eigenvalue weighted by Gasteiger charge is -2.07. The van der Waals surface area contributed by atoms with Crippen LogP contribution in [-0.4, -0.2) is 35.5 Å². The first-order valence-corrected chi connectivity index (χ1v) is 7.77. The first-order chi connectivity index (χ1) is 8.53. The number of hydrogen-bond acceptors (Lipinski definition) is 5. The number of sulfone groups is 1. The standard InChI is InChI=1S/C10H9N3O3S2/c14-9(11-7-1-4-18(15,16)6-7)8-5-13-2-3-17-10(13)12-8/h1-5,7H,6H2,(H,11,14). The molecule has 1 unspecified atom stereocenters. The van der Waals surface area contributed by atoms with Crippen molar-refractivity contribution in [2.45, 2.75) is 6.04 Å². The average molecular weight is 283 g/mol. The Morgan fingerprint density at radius 1 is 1.56 bits per heavy atom.